The van der Waals surface area contributed by atoms with Crippen LogP contribution in [0.4, 0.5) is 10.5 Å². The van der Waals surface area contributed by atoms with Crippen LogP contribution in [0.15, 0.2) is 72.8 Å². The number of amides is 2. The van der Waals surface area contributed by atoms with Crippen molar-refractivity contribution in [2.24, 2.45) is 0 Å². The van der Waals surface area contributed by atoms with Gasteiger partial charge < -0.3 is 20.1 Å². The van der Waals surface area contributed by atoms with Gasteiger partial charge in [-0.05, 0) is 60.4 Å². The van der Waals surface area contributed by atoms with Crippen LogP contribution in [0.2, 0.25) is 0 Å². The lowest BCUT2D eigenvalue weighted by Gasteiger charge is -2.30. The number of anilines is 1. The Bertz CT molecular complexity index is 1200. The van der Waals surface area contributed by atoms with Gasteiger partial charge in [0, 0.05) is 18.7 Å². The third-order valence-corrected chi connectivity index (χ3v) is 6.10. The Morgan fingerprint density at radius 3 is 1.97 bits per heavy atom. The summed E-state index contributed by atoms with van der Waals surface area (Å²) in [6.07, 6.45) is -0.685. The molecule has 1 aliphatic carbocycles. The Morgan fingerprint density at radius 2 is 1.44 bits per heavy atom. The lowest BCUT2D eigenvalue weighted by atomic mass is 9.98. The van der Waals surface area contributed by atoms with Crippen LogP contribution in [0.25, 0.3) is 11.1 Å². The standard InChI is InChI=1S/C27H26N2O5/c1-27(2,25(32)29(3)18-14-12-17(13-15-18)24(30)31)28-26(33)34-16-23-21-10-6-4-8-19(21)20-9-5-7-11-22(20)23/h4-15,23H,16H2,1-3H3,(H,28,33)(H,30,31). The van der Waals surface area contributed by atoms with Crippen LogP contribution >= 0.6 is 0 Å². The molecule has 3 aromatic carbocycles. The van der Waals surface area contributed by atoms with Gasteiger partial charge in [0.25, 0.3) is 5.91 Å². The first-order valence-electron chi connectivity index (χ1n) is 10.9. The van der Waals surface area contributed by atoms with E-state index in [2.05, 4.69) is 17.4 Å². The molecule has 34 heavy (non-hydrogen) atoms. The molecule has 174 valence electrons. The average molecular weight is 459 g/mol. The number of alkyl carbamates (subject to hydrolysis) is 1. The number of likely N-dealkylation sites (N-methyl/N-ethyl adjacent to an activating group) is 1. The predicted octanol–water partition coefficient (Wildman–Crippen LogP) is 4.66. The van der Waals surface area contributed by atoms with Crippen LogP contribution in [0.3, 0.4) is 0 Å². The molecule has 7 nitrogen and oxygen atoms in total. The highest BCUT2D eigenvalue weighted by Gasteiger charge is 2.34. The lowest BCUT2D eigenvalue weighted by molar-refractivity contribution is -0.123. The Balaban J connectivity index is 1.41. The number of nitrogens with one attached hydrogen (secondary N) is 1. The van der Waals surface area contributed by atoms with Crippen molar-refractivity contribution in [3.05, 3.63) is 89.5 Å². The number of carboxylic acids is 1. The Labute approximate surface area is 198 Å². The maximum atomic E-state index is 13.0. The van der Waals surface area contributed by atoms with E-state index in [1.54, 1.807) is 33.0 Å². The first-order chi connectivity index (χ1) is 16.2. The average Bonchev–Trinajstić information content (AvgIpc) is 3.15. The fraction of sp³-hybridized carbons (Fsp3) is 0.222. The summed E-state index contributed by atoms with van der Waals surface area (Å²) in [6, 6.07) is 22.1. The van der Waals surface area contributed by atoms with Crippen LogP contribution in [0.5, 0.6) is 0 Å². The molecule has 0 atom stereocenters. The molecule has 0 aliphatic heterocycles. The maximum Gasteiger partial charge on any atom is 0.408 e. The molecule has 0 fully saturated rings. The fourth-order valence-electron chi connectivity index (χ4n) is 4.31. The van der Waals surface area contributed by atoms with E-state index in [9.17, 15) is 14.4 Å². The van der Waals surface area contributed by atoms with Gasteiger partial charge in [0.05, 0.1) is 5.56 Å². The molecule has 3 aromatic rings. The van der Waals surface area contributed by atoms with Crippen molar-refractivity contribution in [3.8, 4) is 11.1 Å². The molecule has 0 aromatic heterocycles. The molecule has 0 bridgehead atoms. The summed E-state index contributed by atoms with van der Waals surface area (Å²) < 4.78 is 5.57. The van der Waals surface area contributed by atoms with Crippen molar-refractivity contribution < 1.29 is 24.2 Å². The number of hydrogen-bond acceptors (Lipinski definition) is 4. The van der Waals surface area contributed by atoms with Crippen LogP contribution < -0.4 is 10.2 Å². The molecule has 0 spiro atoms. The molecule has 2 N–H and O–H groups in total. The number of aromatic carboxylic acids is 1. The molecule has 4 rings (SSSR count). The van der Waals surface area contributed by atoms with Crippen molar-refractivity contribution in [1.29, 1.82) is 0 Å². The van der Waals surface area contributed by atoms with Gasteiger partial charge in [-0.15, -0.1) is 0 Å². The Morgan fingerprint density at radius 1 is 0.912 bits per heavy atom. The molecule has 7 heteroatoms. The summed E-state index contributed by atoms with van der Waals surface area (Å²) in [7, 11) is 1.57. The van der Waals surface area contributed by atoms with Crippen molar-refractivity contribution in [2.45, 2.75) is 25.3 Å². The minimum Gasteiger partial charge on any atom is -0.478 e. The number of nitrogens with zero attached hydrogens (tertiary/aromatic N) is 1. The Hall–Kier alpha value is -4.13. The molecular formula is C27H26N2O5. The van der Waals surface area contributed by atoms with E-state index in [1.807, 2.05) is 36.4 Å². The number of ether oxygens (including phenoxy) is 1. The smallest absolute Gasteiger partial charge is 0.408 e. The van der Waals surface area contributed by atoms with Gasteiger partial charge in [-0.25, -0.2) is 9.59 Å². The number of fused-ring (bicyclic) bond motifs is 3. The first-order valence-corrected chi connectivity index (χ1v) is 10.9. The van der Waals surface area contributed by atoms with Gasteiger partial charge in [-0.3, -0.25) is 4.79 Å². The van der Waals surface area contributed by atoms with E-state index in [0.717, 1.165) is 22.3 Å². The summed E-state index contributed by atoms with van der Waals surface area (Å²) in [5, 5.41) is 11.7. The summed E-state index contributed by atoms with van der Waals surface area (Å²) in [5.74, 6) is -1.49. The molecule has 0 unspecified atom stereocenters. The molecule has 2 amide bonds. The zero-order chi connectivity index (χ0) is 24.5. The largest absolute Gasteiger partial charge is 0.478 e. The number of carboxylic acid groups (broad SMARTS) is 1. The van der Waals surface area contributed by atoms with Gasteiger partial charge in [0.15, 0.2) is 0 Å². The highest BCUT2D eigenvalue weighted by molar-refractivity contribution is 6.01. The third kappa shape index (κ3) is 4.37. The molecular weight excluding hydrogens is 432 g/mol. The second-order valence-electron chi connectivity index (χ2n) is 8.79. The summed E-state index contributed by atoms with van der Waals surface area (Å²) in [4.78, 5) is 38.1. The summed E-state index contributed by atoms with van der Waals surface area (Å²) >= 11 is 0. The molecule has 0 radical (unpaired) electrons. The van der Waals surface area contributed by atoms with Crippen molar-refractivity contribution in [2.75, 3.05) is 18.6 Å². The third-order valence-electron chi connectivity index (χ3n) is 6.10. The van der Waals surface area contributed by atoms with Crippen LogP contribution in [0.1, 0.15) is 41.3 Å². The monoisotopic (exact) mass is 458 g/mol. The normalized spacial score (nSPS) is 12.4. The maximum absolute atomic E-state index is 13.0. The van der Waals surface area contributed by atoms with Gasteiger partial charge >= 0.3 is 12.1 Å². The van der Waals surface area contributed by atoms with Gasteiger partial charge in [-0.2, -0.15) is 0 Å². The number of benzene rings is 3. The molecule has 0 saturated carbocycles. The van der Waals surface area contributed by atoms with Gasteiger partial charge in [-0.1, -0.05) is 48.5 Å². The zero-order valence-electron chi connectivity index (χ0n) is 19.2. The second kappa shape index (κ2) is 9.02. The number of carbonyl (C=O) groups is 3. The molecule has 0 heterocycles. The highest BCUT2D eigenvalue weighted by Crippen LogP contribution is 2.44. The topological polar surface area (TPSA) is 95.9 Å². The number of hydrogen-bond donors (Lipinski definition) is 2. The van der Waals surface area contributed by atoms with E-state index in [-0.39, 0.29) is 24.0 Å². The molecule has 0 saturated heterocycles. The zero-order valence-corrected chi connectivity index (χ0v) is 19.2. The summed E-state index contributed by atoms with van der Waals surface area (Å²) in [5.41, 5.74) is 3.88. The summed E-state index contributed by atoms with van der Waals surface area (Å²) in [6.45, 7) is 3.34. The van der Waals surface area contributed by atoms with E-state index >= 15 is 0 Å². The second-order valence-corrected chi connectivity index (χ2v) is 8.79. The van der Waals surface area contributed by atoms with Crippen molar-refractivity contribution >= 4 is 23.7 Å². The SMILES string of the molecule is CN(C(=O)C(C)(C)NC(=O)OCC1c2ccccc2-c2ccccc21)c1ccc(C(=O)O)cc1. The van der Waals surface area contributed by atoms with Crippen molar-refractivity contribution in [1.82, 2.24) is 5.32 Å². The van der Waals surface area contributed by atoms with Crippen LogP contribution in [-0.2, 0) is 9.53 Å². The quantitative estimate of drug-likeness (QED) is 0.560. The minimum absolute atomic E-state index is 0.0765. The lowest BCUT2D eigenvalue weighted by Crippen LogP contribution is -2.55. The van der Waals surface area contributed by atoms with Gasteiger partial charge in [0.2, 0.25) is 0 Å². The van der Waals surface area contributed by atoms with E-state index in [4.69, 9.17) is 9.84 Å². The van der Waals surface area contributed by atoms with E-state index < -0.39 is 17.6 Å². The molecule has 1 aliphatic rings. The van der Waals surface area contributed by atoms with Crippen molar-refractivity contribution in [3.63, 3.8) is 0 Å². The first kappa shape index (κ1) is 23.0. The number of carbonyl (C=O) groups excluding carboxylic acids is 2. The van der Waals surface area contributed by atoms with Crippen LogP contribution in [-0.4, -0.2) is 42.3 Å². The highest BCUT2D eigenvalue weighted by atomic mass is 16.5. The number of rotatable bonds is 6. The van der Waals surface area contributed by atoms with E-state index in [1.165, 1.54) is 17.0 Å². The Kier molecular flexibility index (Phi) is 6.11. The fourth-order valence-corrected chi connectivity index (χ4v) is 4.31. The van der Waals surface area contributed by atoms with Gasteiger partial charge in [0.1, 0.15) is 12.1 Å². The van der Waals surface area contributed by atoms with E-state index in [0.29, 0.717) is 5.69 Å². The predicted molar refractivity (Wildman–Crippen MR) is 129 cm³/mol. The minimum atomic E-state index is -1.25. The van der Waals surface area contributed by atoms with Crippen LogP contribution in [0, 0.1) is 0 Å².